The highest BCUT2D eigenvalue weighted by molar-refractivity contribution is 5.64. The van der Waals surface area contributed by atoms with E-state index in [0.717, 1.165) is 12.1 Å². The van der Waals surface area contributed by atoms with Crippen molar-refractivity contribution in [3.63, 3.8) is 0 Å². The molecule has 0 bridgehead atoms. The minimum atomic E-state index is -1.13. The largest absolute Gasteiger partial charge is 0.550 e. The second-order valence-electron chi connectivity index (χ2n) is 3.63. The fraction of sp³-hybridized carbons (Fsp3) is 0.364. The lowest BCUT2D eigenvalue weighted by molar-refractivity contribution is -0.428. The molecular weight excluding hydrogens is 216 g/mol. The predicted octanol–water partition coefficient (Wildman–Crippen LogP) is 0.168. The number of hydrogen-bond donors (Lipinski definition) is 1. The Kier molecular flexibility index (Phi) is 4.37. The predicted molar refractivity (Wildman–Crippen MR) is 50.8 cm³/mol. The lowest BCUT2D eigenvalue weighted by Gasteiger charge is -2.10. The molecule has 1 aromatic carbocycles. The fourth-order valence-electron chi connectivity index (χ4n) is 1.48. The number of carboxylic acid groups (broad SMARTS) is 1. The maximum absolute atomic E-state index is 13.3. The van der Waals surface area contributed by atoms with Crippen LogP contribution in [0.2, 0.25) is 0 Å². The number of carbonyl (C=O) groups is 1. The van der Waals surface area contributed by atoms with E-state index >= 15 is 0 Å². The molecule has 0 unspecified atom stereocenters. The second-order valence-corrected chi connectivity index (χ2v) is 3.63. The first-order valence-corrected chi connectivity index (χ1v) is 4.98. The Bertz CT molecular complexity index is 382. The third-order valence-corrected chi connectivity index (χ3v) is 2.34. The number of aliphatic carboxylic acids is 1. The molecule has 0 aliphatic heterocycles. The molecule has 1 rings (SSSR count). The molecule has 0 spiro atoms. The highest BCUT2D eigenvalue weighted by atomic mass is 19.1. The molecule has 1 atom stereocenters. The Hall–Kier alpha value is -1.49. The number of halogens is 2. The summed E-state index contributed by atoms with van der Waals surface area (Å²) in [6, 6.07) is 2.92. The van der Waals surface area contributed by atoms with E-state index in [1.165, 1.54) is 6.07 Å². The van der Waals surface area contributed by atoms with Crippen LogP contribution >= 0.6 is 0 Å². The van der Waals surface area contributed by atoms with Crippen LogP contribution in [0.1, 0.15) is 30.9 Å². The molecular formula is C11H13F2NO2. The zero-order chi connectivity index (χ0) is 12.1. The van der Waals surface area contributed by atoms with E-state index in [1.54, 1.807) is 0 Å². The summed E-state index contributed by atoms with van der Waals surface area (Å²) in [5, 5.41) is 10.2. The van der Waals surface area contributed by atoms with Crippen LogP contribution in [0, 0.1) is 11.6 Å². The van der Waals surface area contributed by atoms with Crippen LogP contribution in [0.15, 0.2) is 18.2 Å². The molecule has 0 aliphatic carbocycles. The van der Waals surface area contributed by atoms with Crippen LogP contribution in [0.25, 0.3) is 0 Å². The normalized spacial score (nSPS) is 12.4. The van der Waals surface area contributed by atoms with Gasteiger partial charge in [-0.1, -0.05) is 0 Å². The van der Waals surface area contributed by atoms with Gasteiger partial charge in [-0.25, -0.2) is 8.78 Å². The van der Waals surface area contributed by atoms with Crippen molar-refractivity contribution in [3.05, 3.63) is 35.4 Å². The molecule has 0 aliphatic rings. The first-order chi connectivity index (χ1) is 7.50. The van der Waals surface area contributed by atoms with Gasteiger partial charge in [-0.3, -0.25) is 0 Å². The maximum atomic E-state index is 13.3. The first-order valence-electron chi connectivity index (χ1n) is 4.98. The SMILES string of the molecule is [NH3+][C@@H](CCCC(=O)[O-])c1ccc(F)cc1F. The summed E-state index contributed by atoms with van der Waals surface area (Å²) in [4.78, 5) is 10.2. The van der Waals surface area contributed by atoms with Gasteiger partial charge in [0, 0.05) is 24.0 Å². The number of carbonyl (C=O) groups excluding carboxylic acids is 1. The monoisotopic (exact) mass is 229 g/mol. The van der Waals surface area contributed by atoms with Crippen molar-refractivity contribution < 1.29 is 24.4 Å². The molecule has 0 amide bonds. The zero-order valence-corrected chi connectivity index (χ0v) is 8.71. The van der Waals surface area contributed by atoms with Crippen molar-refractivity contribution in [2.24, 2.45) is 0 Å². The average molecular weight is 229 g/mol. The van der Waals surface area contributed by atoms with Crippen LogP contribution in [0.4, 0.5) is 8.78 Å². The molecule has 88 valence electrons. The van der Waals surface area contributed by atoms with Gasteiger partial charge in [-0.2, -0.15) is 0 Å². The van der Waals surface area contributed by atoms with E-state index < -0.39 is 17.6 Å². The highest BCUT2D eigenvalue weighted by Crippen LogP contribution is 2.19. The van der Waals surface area contributed by atoms with Gasteiger partial charge in [-0.15, -0.1) is 0 Å². The molecule has 16 heavy (non-hydrogen) atoms. The van der Waals surface area contributed by atoms with Crippen LogP contribution in [0.5, 0.6) is 0 Å². The number of rotatable bonds is 5. The third-order valence-electron chi connectivity index (χ3n) is 2.34. The van der Waals surface area contributed by atoms with Crippen molar-refractivity contribution in [2.45, 2.75) is 25.3 Å². The van der Waals surface area contributed by atoms with Gasteiger partial charge in [0.05, 0.1) is 0 Å². The van der Waals surface area contributed by atoms with Gasteiger partial charge in [0.1, 0.15) is 17.7 Å². The molecule has 0 heterocycles. The Balaban J connectivity index is 2.58. The van der Waals surface area contributed by atoms with Crippen LogP contribution in [0.3, 0.4) is 0 Å². The number of hydrogen-bond acceptors (Lipinski definition) is 2. The summed E-state index contributed by atoms with van der Waals surface area (Å²) < 4.78 is 25.9. The number of quaternary nitrogens is 1. The van der Waals surface area contributed by atoms with Crippen molar-refractivity contribution >= 4 is 5.97 Å². The molecule has 0 aromatic heterocycles. The van der Waals surface area contributed by atoms with Gasteiger partial charge in [-0.05, 0) is 25.0 Å². The number of benzene rings is 1. The van der Waals surface area contributed by atoms with E-state index in [-0.39, 0.29) is 12.5 Å². The highest BCUT2D eigenvalue weighted by Gasteiger charge is 2.14. The minimum Gasteiger partial charge on any atom is -0.550 e. The molecule has 0 saturated heterocycles. The first kappa shape index (κ1) is 12.6. The molecule has 0 radical (unpaired) electrons. The van der Waals surface area contributed by atoms with Crippen LogP contribution in [-0.2, 0) is 4.79 Å². The van der Waals surface area contributed by atoms with E-state index in [9.17, 15) is 18.7 Å². The molecule has 3 N–H and O–H groups in total. The topological polar surface area (TPSA) is 67.8 Å². The molecule has 1 aromatic rings. The quantitative estimate of drug-likeness (QED) is 0.781. The van der Waals surface area contributed by atoms with Gasteiger partial charge in [0.2, 0.25) is 0 Å². The van der Waals surface area contributed by atoms with Gasteiger partial charge < -0.3 is 15.6 Å². The average Bonchev–Trinajstić information content (AvgIpc) is 2.16. The summed E-state index contributed by atoms with van der Waals surface area (Å²) in [5.74, 6) is -2.41. The third kappa shape index (κ3) is 3.58. The van der Waals surface area contributed by atoms with Gasteiger partial charge in [0.25, 0.3) is 0 Å². The van der Waals surface area contributed by atoms with E-state index in [1.807, 2.05) is 0 Å². The Labute approximate surface area is 91.9 Å². The Morgan fingerprint density at radius 1 is 1.44 bits per heavy atom. The smallest absolute Gasteiger partial charge is 0.135 e. The molecule has 0 saturated carbocycles. The minimum absolute atomic E-state index is 0.0746. The maximum Gasteiger partial charge on any atom is 0.135 e. The summed E-state index contributed by atoms with van der Waals surface area (Å²) in [5.41, 5.74) is 4.03. The molecule has 3 nitrogen and oxygen atoms in total. The second kappa shape index (κ2) is 5.55. The lowest BCUT2D eigenvalue weighted by atomic mass is 10.0. The van der Waals surface area contributed by atoms with E-state index in [4.69, 9.17) is 0 Å². The van der Waals surface area contributed by atoms with E-state index in [2.05, 4.69) is 5.73 Å². The van der Waals surface area contributed by atoms with Crippen LogP contribution < -0.4 is 10.8 Å². The number of carboxylic acids is 1. The summed E-state index contributed by atoms with van der Waals surface area (Å²) in [6.45, 7) is 0. The van der Waals surface area contributed by atoms with Gasteiger partial charge >= 0.3 is 0 Å². The summed E-state index contributed by atoms with van der Waals surface area (Å²) in [6.07, 6.45) is 0.721. The lowest BCUT2D eigenvalue weighted by Crippen LogP contribution is -2.53. The zero-order valence-electron chi connectivity index (χ0n) is 8.71. The van der Waals surface area contributed by atoms with Crippen molar-refractivity contribution in [1.29, 1.82) is 0 Å². The molecule has 0 fully saturated rings. The standard InChI is InChI=1S/C11H13F2NO2/c12-7-4-5-8(9(13)6-7)10(14)2-1-3-11(15)16/h4-6,10H,1-3,14H2,(H,15,16)/t10-/m0/s1. The van der Waals surface area contributed by atoms with Crippen LogP contribution in [-0.4, -0.2) is 5.97 Å². The van der Waals surface area contributed by atoms with Crippen molar-refractivity contribution in [1.82, 2.24) is 0 Å². The Morgan fingerprint density at radius 2 is 2.12 bits per heavy atom. The summed E-state index contributed by atoms with van der Waals surface area (Å²) in [7, 11) is 0. The molecule has 5 heteroatoms. The fourth-order valence-corrected chi connectivity index (χ4v) is 1.48. The Morgan fingerprint density at radius 3 is 2.69 bits per heavy atom. The van der Waals surface area contributed by atoms with Gasteiger partial charge in [0.15, 0.2) is 0 Å². The van der Waals surface area contributed by atoms with Crippen molar-refractivity contribution in [2.75, 3.05) is 0 Å². The summed E-state index contributed by atoms with van der Waals surface area (Å²) >= 11 is 0. The van der Waals surface area contributed by atoms with Crippen molar-refractivity contribution in [3.8, 4) is 0 Å². The van der Waals surface area contributed by atoms with E-state index in [0.29, 0.717) is 18.4 Å².